The van der Waals surface area contributed by atoms with Gasteiger partial charge >= 0.3 is 0 Å². The van der Waals surface area contributed by atoms with Gasteiger partial charge in [-0.15, -0.1) is 0 Å². The molecule has 1 amide bonds. The first-order valence-corrected chi connectivity index (χ1v) is 6.85. The molecule has 0 spiro atoms. The zero-order chi connectivity index (χ0) is 13.8. The van der Waals surface area contributed by atoms with E-state index in [2.05, 4.69) is 10.3 Å². The third-order valence-corrected chi connectivity index (χ3v) is 3.53. The van der Waals surface area contributed by atoms with Gasteiger partial charge in [-0.1, -0.05) is 18.2 Å². The van der Waals surface area contributed by atoms with Gasteiger partial charge < -0.3 is 10.2 Å². The SMILES string of the molecule is O=C(c1ccc(-c2cccnc2)cc1)N1CCNCC1. The maximum atomic E-state index is 12.3. The molecule has 1 N–H and O–H groups in total. The third kappa shape index (κ3) is 2.70. The van der Waals surface area contributed by atoms with E-state index >= 15 is 0 Å². The third-order valence-electron chi connectivity index (χ3n) is 3.53. The second-order valence-electron chi connectivity index (χ2n) is 4.86. The number of benzene rings is 1. The van der Waals surface area contributed by atoms with Crippen LogP contribution in [0.4, 0.5) is 0 Å². The van der Waals surface area contributed by atoms with Crippen molar-refractivity contribution < 1.29 is 4.79 Å². The zero-order valence-corrected chi connectivity index (χ0v) is 11.2. The summed E-state index contributed by atoms with van der Waals surface area (Å²) in [5, 5.41) is 3.25. The van der Waals surface area contributed by atoms with Crippen LogP contribution in [0, 0.1) is 0 Å². The molecular weight excluding hydrogens is 250 g/mol. The number of aromatic nitrogens is 1. The number of hydrogen-bond acceptors (Lipinski definition) is 3. The smallest absolute Gasteiger partial charge is 0.253 e. The van der Waals surface area contributed by atoms with Crippen molar-refractivity contribution in [2.24, 2.45) is 0 Å². The van der Waals surface area contributed by atoms with Crippen LogP contribution in [0.1, 0.15) is 10.4 Å². The summed E-state index contributed by atoms with van der Waals surface area (Å²) in [5.74, 6) is 0.115. The lowest BCUT2D eigenvalue weighted by Gasteiger charge is -2.27. The summed E-state index contributed by atoms with van der Waals surface area (Å²) < 4.78 is 0. The van der Waals surface area contributed by atoms with Crippen LogP contribution in [0.25, 0.3) is 11.1 Å². The molecule has 1 aromatic carbocycles. The van der Waals surface area contributed by atoms with Gasteiger partial charge in [0.25, 0.3) is 5.91 Å². The van der Waals surface area contributed by atoms with Crippen molar-refractivity contribution in [3.63, 3.8) is 0 Å². The monoisotopic (exact) mass is 267 g/mol. The van der Waals surface area contributed by atoms with E-state index in [0.29, 0.717) is 0 Å². The maximum Gasteiger partial charge on any atom is 0.253 e. The van der Waals surface area contributed by atoms with Gasteiger partial charge in [-0.25, -0.2) is 0 Å². The van der Waals surface area contributed by atoms with Gasteiger partial charge in [-0.05, 0) is 29.3 Å². The number of piperazine rings is 1. The van der Waals surface area contributed by atoms with Crippen LogP contribution >= 0.6 is 0 Å². The topological polar surface area (TPSA) is 45.2 Å². The van der Waals surface area contributed by atoms with Crippen molar-refractivity contribution in [3.8, 4) is 11.1 Å². The van der Waals surface area contributed by atoms with E-state index < -0.39 is 0 Å². The predicted molar refractivity (Wildman–Crippen MR) is 78.4 cm³/mol. The van der Waals surface area contributed by atoms with Crippen molar-refractivity contribution in [2.75, 3.05) is 26.2 Å². The van der Waals surface area contributed by atoms with Gasteiger partial charge in [-0.2, -0.15) is 0 Å². The summed E-state index contributed by atoms with van der Waals surface area (Å²) in [7, 11) is 0. The number of pyridine rings is 1. The highest BCUT2D eigenvalue weighted by molar-refractivity contribution is 5.94. The van der Waals surface area contributed by atoms with E-state index in [9.17, 15) is 4.79 Å². The fourth-order valence-corrected chi connectivity index (χ4v) is 2.39. The fourth-order valence-electron chi connectivity index (χ4n) is 2.39. The molecule has 4 heteroatoms. The van der Waals surface area contributed by atoms with Crippen LogP contribution in [0.3, 0.4) is 0 Å². The fraction of sp³-hybridized carbons (Fsp3) is 0.250. The molecule has 0 radical (unpaired) electrons. The molecule has 0 atom stereocenters. The average molecular weight is 267 g/mol. The molecule has 4 nitrogen and oxygen atoms in total. The van der Waals surface area contributed by atoms with Gasteiger partial charge in [0.1, 0.15) is 0 Å². The number of nitrogens with zero attached hydrogens (tertiary/aromatic N) is 2. The van der Waals surface area contributed by atoms with Crippen molar-refractivity contribution in [3.05, 3.63) is 54.4 Å². The molecule has 1 saturated heterocycles. The highest BCUT2D eigenvalue weighted by atomic mass is 16.2. The molecule has 0 saturated carbocycles. The number of hydrogen-bond donors (Lipinski definition) is 1. The minimum absolute atomic E-state index is 0.115. The van der Waals surface area contributed by atoms with Gasteiger partial charge in [0.2, 0.25) is 0 Å². The lowest BCUT2D eigenvalue weighted by Crippen LogP contribution is -2.46. The van der Waals surface area contributed by atoms with Crippen molar-refractivity contribution in [1.82, 2.24) is 15.2 Å². The van der Waals surface area contributed by atoms with Gasteiger partial charge in [0.15, 0.2) is 0 Å². The highest BCUT2D eigenvalue weighted by Gasteiger charge is 2.17. The number of carbonyl (C=O) groups excluding carboxylic acids is 1. The normalized spacial score (nSPS) is 15.1. The minimum atomic E-state index is 0.115. The van der Waals surface area contributed by atoms with Crippen LogP contribution in [-0.4, -0.2) is 42.0 Å². The molecule has 2 aromatic rings. The van der Waals surface area contributed by atoms with Crippen LogP contribution in [0.2, 0.25) is 0 Å². The number of carbonyl (C=O) groups is 1. The van der Waals surface area contributed by atoms with Gasteiger partial charge in [0.05, 0.1) is 0 Å². The molecule has 20 heavy (non-hydrogen) atoms. The second kappa shape index (κ2) is 5.84. The number of nitrogens with one attached hydrogen (secondary N) is 1. The van der Waals surface area contributed by atoms with E-state index in [4.69, 9.17) is 0 Å². The van der Waals surface area contributed by atoms with Crippen LogP contribution < -0.4 is 5.32 Å². The van der Waals surface area contributed by atoms with E-state index in [1.54, 1.807) is 6.20 Å². The lowest BCUT2D eigenvalue weighted by molar-refractivity contribution is 0.0736. The Morgan fingerprint density at radius 2 is 1.80 bits per heavy atom. The number of rotatable bonds is 2. The second-order valence-corrected chi connectivity index (χ2v) is 4.86. The average Bonchev–Trinajstić information content (AvgIpc) is 2.56. The molecule has 1 fully saturated rings. The van der Waals surface area contributed by atoms with Crippen molar-refractivity contribution >= 4 is 5.91 Å². The summed E-state index contributed by atoms with van der Waals surface area (Å²) in [6.45, 7) is 3.31. The molecule has 2 heterocycles. The molecule has 1 aliphatic heterocycles. The molecule has 0 unspecified atom stereocenters. The molecule has 1 aliphatic rings. The Balaban J connectivity index is 1.77. The predicted octanol–water partition coefficient (Wildman–Crippen LogP) is 1.79. The van der Waals surface area contributed by atoms with Crippen molar-refractivity contribution in [1.29, 1.82) is 0 Å². The lowest BCUT2D eigenvalue weighted by atomic mass is 10.1. The molecule has 3 rings (SSSR count). The molecule has 0 aliphatic carbocycles. The Hall–Kier alpha value is -2.20. The first-order chi connectivity index (χ1) is 9.84. The maximum absolute atomic E-state index is 12.3. The standard InChI is InChI=1S/C16H17N3O/c20-16(19-10-8-17-9-11-19)14-5-3-13(4-6-14)15-2-1-7-18-12-15/h1-7,12,17H,8-11H2. The highest BCUT2D eigenvalue weighted by Crippen LogP contribution is 2.19. The Kier molecular flexibility index (Phi) is 3.74. The van der Waals surface area contributed by atoms with Crippen molar-refractivity contribution in [2.45, 2.75) is 0 Å². The summed E-state index contributed by atoms with van der Waals surface area (Å²) in [6.07, 6.45) is 3.58. The van der Waals surface area contributed by atoms with Crippen LogP contribution in [0.15, 0.2) is 48.8 Å². The minimum Gasteiger partial charge on any atom is -0.336 e. The van der Waals surface area contributed by atoms with E-state index in [-0.39, 0.29) is 5.91 Å². The quantitative estimate of drug-likeness (QED) is 0.902. The largest absolute Gasteiger partial charge is 0.336 e. The molecule has 0 bridgehead atoms. The molecule has 102 valence electrons. The van der Waals surface area contributed by atoms with Crippen LogP contribution in [0.5, 0.6) is 0 Å². The van der Waals surface area contributed by atoms with Crippen LogP contribution in [-0.2, 0) is 0 Å². The zero-order valence-electron chi connectivity index (χ0n) is 11.2. The molecular formula is C16H17N3O. The van der Waals surface area contributed by atoms with Gasteiger partial charge in [-0.3, -0.25) is 9.78 Å². The Morgan fingerprint density at radius 1 is 1.05 bits per heavy atom. The van der Waals surface area contributed by atoms with E-state index in [1.165, 1.54) is 0 Å². The Bertz CT molecular complexity index is 574. The summed E-state index contributed by atoms with van der Waals surface area (Å²) in [5.41, 5.74) is 2.89. The molecule has 1 aromatic heterocycles. The summed E-state index contributed by atoms with van der Waals surface area (Å²) in [6, 6.07) is 11.7. The summed E-state index contributed by atoms with van der Waals surface area (Å²) in [4.78, 5) is 18.3. The summed E-state index contributed by atoms with van der Waals surface area (Å²) >= 11 is 0. The van der Waals surface area contributed by atoms with E-state index in [0.717, 1.165) is 42.9 Å². The Morgan fingerprint density at radius 3 is 2.45 bits per heavy atom. The first-order valence-electron chi connectivity index (χ1n) is 6.85. The Labute approximate surface area is 118 Å². The van der Waals surface area contributed by atoms with Gasteiger partial charge in [0, 0.05) is 44.1 Å². The number of amides is 1. The first kappa shape index (κ1) is 12.8. The van der Waals surface area contributed by atoms with E-state index in [1.807, 2.05) is 47.5 Å².